The second-order valence-corrected chi connectivity index (χ2v) is 7.69. The van der Waals surface area contributed by atoms with Crippen LogP contribution in [0.15, 0.2) is 48.5 Å². The van der Waals surface area contributed by atoms with Crippen LogP contribution >= 0.6 is 11.6 Å². The number of alkyl halides is 3. The van der Waals surface area contributed by atoms with Crippen LogP contribution in [0.3, 0.4) is 0 Å². The van der Waals surface area contributed by atoms with Gasteiger partial charge in [-0.15, -0.1) is 0 Å². The van der Waals surface area contributed by atoms with E-state index in [9.17, 15) is 18.0 Å². The molecule has 0 spiro atoms. The molecule has 30 heavy (non-hydrogen) atoms. The number of nitrogens with zero attached hydrogens (tertiary/aromatic N) is 2. The lowest BCUT2D eigenvalue weighted by Crippen LogP contribution is -2.22. The maximum Gasteiger partial charge on any atom is 0.435 e. The van der Waals surface area contributed by atoms with E-state index >= 15 is 0 Å². The Hall–Kier alpha value is -2.80. The lowest BCUT2D eigenvalue weighted by Gasteiger charge is -2.15. The summed E-state index contributed by atoms with van der Waals surface area (Å²) in [6.45, 7) is 0.322. The van der Waals surface area contributed by atoms with Gasteiger partial charge >= 0.3 is 6.18 Å². The van der Waals surface area contributed by atoms with Crippen molar-refractivity contribution in [2.45, 2.75) is 38.4 Å². The number of nitrogens with one attached hydrogen (secondary N) is 1. The molecule has 156 valence electrons. The average Bonchev–Trinajstić information content (AvgIpc) is 3.12. The molecule has 0 aliphatic heterocycles. The van der Waals surface area contributed by atoms with Gasteiger partial charge in [-0.3, -0.25) is 4.79 Å². The highest BCUT2D eigenvalue weighted by molar-refractivity contribution is 6.30. The van der Waals surface area contributed by atoms with Gasteiger partial charge in [-0.1, -0.05) is 23.7 Å². The SMILES string of the molecule is O=C(NCc1cccc(Cl)c1)c1ccc(-n2nc(C(F)(F)F)c3c2CCCC3)cc1. The number of fused-ring (bicyclic) bond motifs is 1. The third-order valence-corrected chi connectivity index (χ3v) is 5.40. The van der Waals surface area contributed by atoms with E-state index in [1.165, 1.54) is 4.68 Å². The number of hydrogen-bond donors (Lipinski definition) is 1. The molecule has 4 nitrogen and oxygen atoms in total. The maximum atomic E-state index is 13.4. The number of carbonyl (C=O) groups excluding carboxylic acids is 1. The molecular formula is C22H19ClF3N3O. The summed E-state index contributed by atoms with van der Waals surface area (Å²) in [5.74, 6) is -0.278. The molecule has 1 aliphatic rings. The maximum absolute atomic E-state index is 13.4. The quantitative estimate of drug-likeness (QED) is 0.602. The molecule has 1 heterocycles. The summed E-state index contributed by atoms with van der Waals surface area (Å²) in [5.41, 5.74) is 1.88. The van der Waals surface area contributed by atoms with Gasteiger partial charge in [-0.2, -0.15) is 18.3 Å². The Balaban J connectivity index is 1.54. The lowest BCUT2D eigenvalue weighted by molar-refractivity contribution is -0.142. The second kappa shape index (κ2) is 8.14. The number of aromatic nitrogens is 2. The third-order valence-electron chi connectivity index (χ3n) is 5.16. The minimum absolute atomic E-state index is 0.278. The summed E-state index contributed by atoms with van der Waals surface area (Å²) in [5, 5.41) is 7.27. The van der Waals surface area contributed by atoms with Crippen molar-refractivity contribution in [1.29, 1.82) is 0 Å². The number of benzene rings is 2. The minimum atomic E-state index is -4.48. The fourth-order valence-electron chi connectivity index (χ4n) is 3.73. The first kappa shape index (κ1) is 20.5. The van der Waals surface area contributed by atoms with E-state index < -0.39 is 11.9 Å². The predicted octanol–water partition coefficient (Wildman–Crippen LogP) is 5.35. The van der Waals surface area contributed by atoms with Crippen LogP contribution in [0.5, 0.6) is 0 Å². The third kappa shape index (κ3) is 4.21. The molecule has 0 radical (unpaired) electrons. The zero-order valence-corrected chi connectivity index (χ0v) is 16.7. The minimum Gasteiger partial charge on any atom is -0.348 e. The molecule has 0 saturated heterocycles. The summed E-state index contributed by atoms with van der Waals surface area (Å²) >= 11 is 5.94. The normalized spacial score (nSPS) is 13.7. The standard InChI is InChI=1S/C22H19ClF3N3O/c23-16-5-3-4-14(12-16)13-27-21(30)15-8-10-17(11-9-15)29-19-7-2-1-6-18(19)20(28-29)22(24,25)26/h3-5,8-12H,1-2,6-7,13H2,(H,27,30). The van der Waals surface area contributed by atoms with Crippen LogP contribution in [0.2, 0.25) is 5.02 Å². The lowest BCUT2D eigenvalue weighted by atomic mass is 9.95. The number of halogens is 4. The number of rotatable bonds is 4. The highest BCUT2D eigenvalue weighted by Gasteiger charge is 2.39. The zero-order valence-electron chi connectivity index (χ0n) is 16.0. The Labute approximate surface area is 176 Å². The molecule has 2 aromatic carbocycles. The van der Waals surface area contributed by atoms with E-state index in [1.807, 2.05) is 6.07 Å². The largest absolute Gasteiger partial charge is 0.435 e. The van der Waals surface area contributed by atoms with Crippen molar-refractivity contribution in [2.75, 3.05) is 0 Å². The first-order valence-electron chi connectivity index (χ1n) is 9.64. The van der Waals surface area contributed by atoms with Gasteiger partial charge in [0, 0.05) is 28.4 Å². The Morgan fingerprint density at radius 2 is 1.83 bits per heavy atom. The van der Waals surface area contributed by atoms with Crippen LogP contribution in [-0.2, 0) is 25.6 Å². The molecule has 1 N–H and O–H groups in total. The van der Waals surface area contributed by atoms with Crippen molar-refractivity contribution in [3.8, 4) is 5.69 Å². The average molecular weight is 434 g/mol. The molecule has 0 atom stereocenters. The van der Waals surface area contributed by atoms with Gasteiger partial charge in [0.15, 0.2) is 5.69 Å². The van der Waals surface area contributed by atoms with Gasteiger partial charge in [0.05, 0.1) is 5.69 Å². The summed E-state index contributed by atoms with van der Waals surface area (Å²) in [4.78, 5) is 12.4. The molecule has 1 aromatic heterocycles. The van der Waals surface area contributed by atoms with Crippen LogP contribution in [0.4, 0.5) is 13.2 Å². The fourth-order valence-corrected chi connectivity index (χ4v) is 3.94. The highest BCUT2D eigenvalue weighted by atomic mass is 35.5. The van der Waals surface area contributed by atoms with Crippen molar-refractivity contribution in [2.24, 2.45) is 0 Å². The van der Waals surface area contributed by atoms with Crippen LogP contribution in [-0.4, -0.2) is 15.7 Å². The predicted molar refractivity (Wildman–Crippen MR) is 108 cm³/mol. The van der Waals surface area contributed by atoms with E-state index in [0.29, 0.717) is 41.4 Å². The summed E-state index contributed by atoms with van der Waals surface area (Å²) < 4.78 is 41.5. The molecule has 3 aromatic rings. The second-order valence-electron chi connectivity index (χ2n) is 7.25. The fraction of sp³-hybridized carbons (Fsp3) is 0.273. The van der Waals surface area contributed by atoms with E-state index in [2.05, 4.69) is 10.4 Å². The molecule has 0 fully saturated rings. The molecular weight excluding hydrogens is 415 g/mol. The van der Waals surface area contributed by atoms with E-state index in [0.717, 1.165) is 18.4 Å². The molecule has 1 amide bonds. The summed E-state index contributed by atoms with van der Waals surface area (Å²) in [7, 11) is 0. The van der Waals surface area contributed by atoms with Gasteiger partial charge in [-0.25, -0.2) is 4.68 Å². The van der Waals surface area contributed by atoms with Gasteiger partial charge in [0.25, 0.3) is 5.91 Å². The molecule has 8 heteroatoms. The first-order chi connectivity index (χ1) is 14.3. The van der Waals surface area contributed by atoms with E-state index in [1.54, 1.807) is 42.5 Å². The van der Waals surface area contributed by atoms with Crippen LogP contribution in [0, 0.1) is 0 Å². The number of hydrogen-bond acceptors (Lipinski definition) is 2. The van der Waals surface area contributed by atoms with Gasteiger partial charge < -0.3 is 5.32 Å². The highest BCUT2D eigenvalue weighted by Crippen LogP contribution is 2.36. The Morgan fingerprint density at radius 3 is 2.53 bits per heavy atom. The number of carbonyl (C=O) groups is 1. The Kier molecular flexibility index (Phi) is 5.56. The zero-order chi connectivity index (χ0) is 21.3. The Bertz CT molecular complexity index is 1070. The summed E-state index contributed by atoms with van der Waals surface area (Å²) in [6.07, 6.45) is -1.98. The van der Waals surface area contributed by atoms with Crippen LogP contribution in [0.1, 0.15) is 45.7 Å². The van der Waals surface area contributed by atoms with Crippen molar-refractivity contribution in [3.63, 3.8) is 0 Å². The molecule has 4 rings (SSSR count). The van der Waals surface area contributed by atoms with Crippen molar-refractivity contribution < 1.29 is 18.0 Å². The monoisotopic (exact) mass is 433 g/mol. The molecule has 0 unspecified atom stereocenters. The van der Waals surface area contributed by atoms with Gasteiger partial charge in [0.1, 0.15) is 0 Å². The molecule has 0 saturated carbocycles. The van der Waals surface area contributed by atoms with E-state index in [4.69, 9.17) is 11.6 Å². The van der Waals surface area contributed by atoms with Crippen LogP contribution in [0.25, 0.3) is 5.69 Å². The Morgan fingerprint density at radius 1 is 1.10 bits per heavy atom. The number of amides is 1. The van der Waals surface area contributed by atoms with Gasteiger partial charge in [-0.05, 0) is 67.6 Å². The topological polar surface area (TPSA) is 46.9 Å². The smallest absolute Gasteiger partial charge is 0.348 e. The summed E-state index contributed by atoms with van der Waals surface area (Å²) in [6, 6.07) is 13.6. The molecule has 1 aliphatic carbocycles. The van der Waals surface area contributed by atoms with Gasteiger partial charge in [0.2, 0.25) is 0 Å². The first-order valence-corrected chi connectivity index (χ1v) is 10.0. The van der Waals surface area contributed by atoms with Crippen molar-refractivity contribution in [3.05, 3.63) is 81.6 Å². The van der Waals surface area contributed by atoms with Crippen LogP contribution < -0.4 is 5.32 Å². The van der Waals surface area contributed by atoms with E-state index in [-0.39, 0.29) is 11.5 Å². The van der Waals surface area contributed by atoms with Crippen molar-refractivity contribution >= 4 is 17.5 Å². The molecule has 0 bridgehead atoms. The van der Waals surface area contributed by atoms with Crippen molar-refractivity contribution in [1.82, 2.24) is 15.1 Å².